The standard InChI is InChI=1S/C30H42F3N7O2/c1-6-25(41)39-10-12-40(13-11-39)27-21-14-18(2)22(29(4)26(30(31,32)33)19(3)15-24(34)37-29)16-23(21)35-28(36-27)42-17-20-8-7-9-38(20)5/h6,15,18,20,22,37H,1,7-14,16-17,34H2,2-5H3/t18-,20-,22-,29?/m0/s1. The molecule has 4 atom stereocenters. The van der Waals surface area contributed by atoms with Crippen molar-refractivity contribution < 1.29 is 22.7 Å². The number of nitrogens with zero attached hydrogens (tertiary/aromatic N) is 5. The third-order valence-corrected chi connectivity index (χ3v) is 9.53. The Balaban J connectivity index is 1.50. The van der Waals surface area contributed by atoms with E-state index in [-0.39, 0.29) is 35.3 Å². The molecule has 3 aliphatic heterocycles. The summed E-state index contributed by atoms with van der Waals surface area (Å²) < 4.78 is 49.7. The van der Waals surface area contributed by atoms with Crippen LogP contribution in [0.25, 0.3) is 0 Å². The summed E-state index contributed by atoms with van der Waals surface area (Å²) in [5.41, 5.74) is 5.84. The van der Waals surface area contributed by atoms with Crippen molar-refractivity contribution in [1.29, 1.82) is 0 Å². The molecule has 0 spiro atoms. The summed E-state index contributed by atoms with van der Waals surface area (Å²) in [5, 5.41) is 3.02. The monoisotopic (exact) mass is 589 g/mol. The molecule has 4 heterocycles. The van der Waals surface area contributed by atoms with Crippen LogP contribution in [0.3, 0.4) is 0 Å². The van der Waals surface area contributed by atoms with E-state index in [9.17, 15) is 18.0 Å². The number of halogens is 3. The molecule has 2 saturated heterocycles. The lowest BCUT2D eigenvalue weighted by Crippen LogP contribution is -2.59. The van der Waals surface area contributed by atoms with Crippen molar-refractivity contribution in [3.05, 3.63) is 47.0 Å². The molecule has 3 N–H and O–H groups in total. The van der Waals surface area contributed by atoms with Crippen molar-refractivity contribution in [2.24, 2.45) is 17.6 Å². The summed E-state index contributed by atoms with van der Waals surface area (Å²) in [6.45, 7) is 12.3. The molecule has 12 heteroatoms. The number of aromatic nitrogens is 2. The highest BCUT2D eigenvalue weighted by Crippen LogP contribution is 2.48. The van der Waals surface area contributed by atoms with Crippen LogP contribution in [0.5, 0.6) is 6.01 Å². The highest BCUT2D eigenvalue weighted by Gasteiger charge is 2.54. The molecule has 1 aliphatic carbocycles. The van der Waals surface area contributed by atoms with Gasteiger partial charge in [-0.05, 0) is 82.7 Å². The number of hydrogen-bond acceptors (Lipinski definition) is 8. The number of amides is 1. The Hall–Kier alpha value is -3.28. The second-order valence-corrected chi connectivity index (χ2v) is 12.3. The molecule has 1 aromatic rings. The first-order valence-corrected chi connectivity index (χ1v) is 14.7. The van der Waals surface area contributed by atoms with Crippen LogP contribution in [0.15, 0.2) is 35.7 Å². The van der Waals surface area contributed by atoms with Crippen LogP contribution in [-0.2, 0) is 17.6 Å². The van der Waals surface area contributed by atoms with Gasteiger partial charge >= 0.3 is 12.2 Å². The van der Waals surface area contributed by atoms with Gasteiger partial charge in [0, 0.05) is 37.8 Å². The van der Waals surface area contributed by atoms with Crippen LogP contribution in [0.1, 0.15) is 44.9 Å². The van der Waals surface area contributed by atoms with Gasteiger partial charge in [-0.1, -0.05) is 13.5 Å². The summed E-state index contributed by atoms with van der Waals surface area (Å²) in [7, 11) is 2.07. The highest BCUT2D eigenvalue weighted by molar-refractivity contribution is 5.87. The lowest BCUT2D eigenvalue weighted by atomic mass is 9.64. The van der Waals surface area contributed by atoms with Crippen molar-refractivity contribution in [2.75, 3.05) is 51.3 Å². The van der Waals surface area contributed by atoms with Crippen molar-refractivity contribution in [3.8, 4) is 6.01 Å². The van der Waals surface area contributed by atoms with E-state index < -0.39 is 23.2 Å². The molecular weight excluding hydrogens is 547 g/mol. The third kappa shape index (κ3) is 5.69. The summed E-state index contributed by atoms with van der Waals surface area (Å²) >= 11 is 0. The number of ether oxygens (including phenoxy) is 1. The zero-order valence-corrected chi connectivity index (χ0v) is 24.9. The Kier molecular flexibility index (Phi) is 8.21. The molecule has 5 rings (SSSR count). The number of carbonyl (C=O) groups excluding carboxylic acids is 1. The second kappa shape index (κ2) is 11.4. The number of anilines is 1. The average Bonchev–Trinajstić information content (AvgIpc) is 3.33. The number of alkyl halides is 3. The number of carbonyl (C=O) groups is 1. The van der Waals surface area contributed by atoms with E-state index >= 15 is 0 Å². The smallest absolute Gasteiger partial charge is 0.415 e. The van der Waals surface area contributed by atoms with Crippen LogP contribution in [-0.4, -0.2) is 89.8 Å². The maximum atomic E-state index is 14.5. The number of fused-ring (bicyclic) bond motifs is 1. The maximum Gasteiger partial charge on any atom is 0.415 e. The predicted octanol–water partition coefficient (Wildman–Crippen LogP) is 3.18. The number of allylic oxidation sites excluding steroid dienone is 2. The number of hydrogen-bond donors (Lipinski definition) is 2. The average molecular weight is 590 g/mol. The van der Waals surface area contributed by atoms with E-state index in [1.165, 1.54) is 19.1 Å². The minimum absolute atomic E-state index is 0.106. The molecular formula is C30H42F3N7O2. The molecule has 0 aromatic carbocycles. The van der Waals surface area contributed by atoms with E-state index in [0.717, 1.165) is 30.8 Å². The zero-order valence-electron chi connectivity index (χ0n) is 24.9. The van der Waals surface area contributed by atoms with Crippen LogP contribution >= 0.6 is 0 Å². The molecule has 4 aliphatic rings. The summed E-state index contributed by atoms with van der Waals surface area (Å²) in [4.78, 5) is 28.0. The van der Waals surface area contributed by atoms with E-state index in [4.69, 9.17) is 20.4 Å². The SMILES string of the molecule is C=CC(=O)N1CCN(c2nc(OC[C@@H]3CCCN3C)nc3c2C[C@H](C)[C@@H](C2(C)NC(N)=CC(C)=C2C(F)(F)F)C3)CC1. The van der Waals surface area contributed by atoms with E-state index in [2.05, 4.69) is 28.7 Å². The van der Waals surface area contributed by atoms with Gasteiger partial charge in [0.15, 0.2) is 0 Å². The Morgan fingerprint density at radius 3 is 2.57 bits per heavy atom. The predicted molar refractivity (Wildman–Crippen MR) is 155 cm³/mol. The Morgan fingerprint density at radius 2 is 1.95 bits per heavy atom. The number of nitrogens with one attached hydrogen (secondary N) is 1. The summed E-state index contributed by atoms with van der Waals surface area (Å²) in [6, 6.07) is 0.503. The Morgan fingerprint density at radius 1 is 1.24 bits per heavy atom. The normalized spacial score (nSPS) is 28.7. The van der Waals surface area contributed by atoms with Crippen LogP contribution in [0.2, 0.25) is 0 Å². The van der Waals surface area contributed by atoms with Gasteiger partial charge in [0.1, 0.15) is 12.4 Å². The molecule has 2 fully saturated rings. The molecule has 0 radical (unpaired) electrons. The van der Waals surface area contributed by atoms with Gasteiger partial charge in [0.05, 0.1) is 22.6 Å². The molecule has 1 unspecified atom stereocenters. The van der Waals surface area contributed by atoms with Gasteiger partial charge in [-0.2, -0.15) is 23.1 Å². The van der Waals surface area contributed by atoms with Crippen molar-refractivity contribution >= 4 is 11.7 Å². The summed E-state index contributed by atoms with van der Waals surface area (Å²) in [6.07, 6.45) is 1.11. The third-order valence-electron chi connectivity index (χ3n) is 9.53. The van der Waals surface area contributed by atoms with Crippen molar-refractivity contribution in [2.45, 2.75) is 64.2 Å². The first-order valence-electron chi connectivity index (χ1n) is 14.7. The minimum atomic E-state index is -4.52. The van der Waals surface area contributed by atoms with Crippen molar-refractivity contribution in [3.63, 3.8) is 0 Å². The number of piperazine rings is 1. The van der Waals surface area contributed by atoms with E-state index in [1.807, 2.05) is 6.92 Å². The number of likely N-dealkylation sites (N-methyl/N-ethyl adjacent to an activating group) is 1. The van der Waals surface area contributed by atoms with E-state index in [0.29, 0.717) is 51.3 Å². The topological polar surface area (TPSA) is 99.8 Å². The molecule has 1 aromatic heterocycles. The lowest BCUT2D eigenvalue weighted by molar-refractivity contribution is -0.126. The lowest BCUT2D eigenvalue weighted by Gasteiger charge is -2.48. The van der Waals surface area contributed by atoms with Gasteiger partial charge in [0.25, 0.3) is 0 Å². The molecule has 0 bridgehead atoms. The van der Waals surface area contributed by atoms with Gasteiger partial charge in [-0.25, -0.2) is 0 Å². The van der Waals surface area contributed by atoms with Crippen LogP contribution in [0.4, 0.5) is 19.0 Å². The number of rotatable bonds is 6. The molecule has 9 nitrogen and oxygen atoms in total. The molecule has 230 valence electrons. The fraction of sp³-hybridized carbons (Fsp3) is 0.633. The van der Waals surface area contributed by atoms with E-state index in [1.54, 1.807) is 11.8 Å². The van der Waals surface area contributed by atoms with Gasteiger partial charge in [0.2, 0.25) is 5.91 Å². The summed E-state index contributed by atoms with van der Waals surface area (Å²) in [5.74, 6) is 0.292. The van der Waals surface area contributed by atoms with Gasteiger partial charge in [-0.3, -0.25) is 4.79 Å². The van der Waals surface area contributed by atoms with Crippen LogP contribution in [0, 0.1) is 11.8 Å². The second-order valence-electron chi connectivity index (χ2n) is 12.3. The number of dihydropyridines is 1. The fourth-order valence-corrected chi connectivity index (χ4v) is 7.38. The fourth-order valence-electron chi connectivity index (χ4n) is 7.38. The van der Waals surface area contributed by atoms with Gasteiger partial charge in [-0.15, -0.1) is 0 Å². The first kappa shape index (κ1) is 30.2. The maximum absolute atomic E-state index is 14.5. The van der Waals surface area contributed by atoms with Gasteiger partial charge < -0.3 is 30.5 Å². The zero-order chi connectivity index (χ0) is 30.4. The largest absolute Gasteiger partial charge is 0.462 e. The Labute approximate surface area is 245 Å². The molecule has 1 amide bonds. The molecule has 42 heavy (non-hydrogen) atoms. The quantitative estimate of drug-likeness (QED) is 0.489. The minimum Gasteiger partial charge on any atom is -0.462 e. The number of likely N-dealkylation sites (tertiary alicyclic amines) is 1. The van der Waals surface area contributed by atoms with Crippen molar-refractivity contribution in [1.82, 2.24) is 25.1 Å². The highest BCUT2D eigenvalue weighted by atomic mass is 19.4. The number of nitrogens with two attached hydrogens (primary N) is 1. The first-order chi connectivity index (χ1) is 19.8. The Bertz CT molecular complexity index is 1290. The molecule has 0 saturated carbocycles. The van der Waals surface area contributed by atoms with Crippen LogP contribution < -0.4 is 20.7 Å².